The van der Waals surface area contributed by atoms with Gasteiger partial charge in [-0.1, -0.05) is 11.6 Å². The smallest absolute Gasteiger partial charge is 0.283 e. The lowest BCUT2D eigenvalue weighted by Crippen LogP contribution is -2.28. The van der Waals surface area contributed by atoms with E-state index in [0.717, 1.165) is 6.07 Å². The van der Waals surface area contributed by atoms with Crippen LogP contribution in [-0.2, 0) is 0 Å². The number of amides is 1. The van der Waals surface area contributed by atoms with Crippen molar-refractivity contribution in [1.82, 2.24) is 5.32 Å². The number of hydrogen-bond acceptors (Lipinski definition) is 6. The number of carbonyl (C=O) groups excluding carboxylic acids is 1. The Balaban J connectivity index is 2.07. The van der Waals surface area contributed by atoms with E-state index in [9.17, 15) is 30.1 Å². The van der Waals surface area contributed by atoms with Gasteiger partial charge in [-0.15, -0.1) is 0 Å². The highest BCUT2D eigenvalue weighted by Crippen LogP contribution is 2.23. The molecular formula is C15H12ClN3O6. The van der Waals surface area contributed by atoms with Crippen molar-refractivity contribution in [2.45, 2.75) is 6.10 Å². The number of aliphatic hydroxyl groups is 1. The molecule has 0 aliphatic rings. The first-order valence-electron chi connectivity index (χ1n) is 6.94. The third-order valence-electron chi connectivity index (χ3n) is 3.35. The number of hydrogen-bond donors (Lipinski definition) is 2. The molecule has 0 spiro atoms. The Morgan fingerprint density at radius 2 is 1.76 bits per heavy atom. The highest BCUT2D eigenvalue weighted by Gasteiger charge is 2.21. The van der Waals surface area contributed by atoms with E-state index < -0.39 is 27.5 Å². The summed E-state index contributed by atoms with van der Waals surface area (Å²) in [4.78, 5) is 32.4. The van der Waals surface area contributed by atoms with Crippen molar-refractivity contribution in [3.05, 3.63) is 78.8 Å². The molecule has 0 aliphatic carbocycles. The number of nitrogens with one attached hydrogen (secondary N) is 1. The van der Waals surface area contributed by atoms with E-state index in [-0.39, 0.29) is 22.8 Å². The molecule has 9 nitrogen and oxygen atoms in total. The number of carbonyl (C=O) groups is 1. The van der Waals surface area contributed by atoms with Crippen LogP contribution in [-0.4, -0.2) is 27.4 Å². The third kappa shape index (κ3) is 4.49. The molecule has 1 atom stereocenters. The first-order chi connectivity index (χ1) is 11.8. The summed E-state index contributed by atoms with van der Waals surface area (Å²) in [6, 6.07) is 8.79. The quantitative estimate of drug-likeness (QED) is 0.596. The minimum Gasteiger partial charge on any atom is -0.387 e. The van der Waals surface area contributed by atoms with Gasteiger partial charge in [0.25, 0.3) is 17.3 Å². The van der Waals surface area contributed by atoms with E-state index in [1.54, 1.807) is 0 Å². The van der Waals surface area contributed by atoms with Gasteiger partial charge in [-0.05, 0) is 29.8 Å². The van der Waals surface area contributed by atoms with Crippen LogP contribution in [0.1, 0.15) is 22.0 Å². The van der Waals surface area contributed by atoms with Gasteiger partial charge >= 0.3 is 0 Å². The average molecular weight is 366 g/mol. The zero-order valence-corrected chi connectivity index (χ0v) is 13.3. The highest BCUT2D eigenvalue weighted by molar-refractivity contribution is 6.31. The van der Waals surface area contributed by atoms with Crippen molar-refractivity contribution in [1.29, 1.82) is 0 Å². The number of non-ortho nitro benzene ring substituents is 1. The van der Waals surface area contributed by atoms with Crippen molar-refractivity contribution in [2.75, 3.05) is 6.54 Å². The monoisotopic (exact) mass is 365 g/mol. The van der Waals surface area contributed by atoms with E-state index in [0.29, 0.717) is 5.56 Å². The number of nitro groups is 2. The summed E-state index contributed by atoms with van der Waals surface area (Å²) < 4.78 is 0. The molecule has 1 amide bonds. The van der Waals surface area contributed by atoms with Crippen molar-refractivity contribution in [2.24, 2.45) is 0 Å². The van der Waals surface area contributed by atoms with Gasteiger partial charge < -0.3 is 10.4 Å². The molecule has 0 aromatic heterocycles. The Kier molecular flexibility index (Phi) is 5.63. The summed E-state index contributed by atoms with van der Waals surface area (Å²) in [5.41, 5.74) is -0.409. The van der Waals surface area contributed by atoms with Crippen molar-refractivity contribution < 1.29 is 19.7 Å². The molecule has 2 aromatic rings. The predicted octanol–water partition coefficient (Wildman–Crippen LogP) is 2.62. The van der Waals surface area contributed by atoms with Crippen LogP contribution in [0.5, 0.6) is 0 Å². The number of halogens is 1. The van der Waals surface area contributed by atoms with Crippen LogP contribution in [0.25, 0.3) is 0 Å². The van der Waals surface area contributed by atoms with Crippen LogP contribution in [0, 0.1) is 20.2 Å². The van der Waals surface area contributed by atoms with Crippen molar-refractivity contribution in [3.63, 3.8) is 0 Å². The highest BCUT2D eigenvalue weighted by atomic mass is 35.5. The molecule has 2 aromatic carbocycles. The number of rotatable bonds is 6. The Hall–Kier alpha value is -3.04. The second-order valence-corrected chi connectivity index (χ2v) is 5.43. The fourth-order valence-corrected chi connectivity index (χ4v) is 2.23. The van der Waals surface area contributed by atoms with Crippen LogP contribution in [0.3, 0.4) is 0 Å². The molecule has 0 saturated carbocycles. The Bertz CT molecular complexity index is 825. The molecule has 25 heavy (non-hydrogen) atoms. The molecule has 0 saturated heterocycles. The van der Waals surface area contributed by atoms with Gasteiger partial charge in [0.1, 0.15) is 5.56 Å². The summed E-state index contributed by atoms with van der Waals surface area (Å²) in [5.74, 6) is -0.746. The third-order valence-corrected chi connectivity index (χ3v) is 3.58. The predicted molar refractivity (Wildman–Crippen MR) is 88.5 cm³/mol. The lowest BCUT2D eigenvalue weighted by molar-refractivity contribution is -0.385. The second-order valence-electron chi connectivity index (χ2n) is 4.99. The molecule has 0 radical (unpaired) electrons. The van der Waals surface area contributed by atoms with Crippen molar-refractivity contribution in [3.8, 4) is 0 Å². The van der Waals surface area contributed by atoms with E-state index in [4.69, 9.17) is 11.6 Å². The van der Waals surface area contributed by atoms with Crippen LogP contribution >= 0.6 is 11.6 Å². The van der Waals surface area contributed by atoms with Crippen LogP contribution in [0.2, 0.25) is 5.02 Å². The fourth-order valence-electron chi connectivity index (χ4n) is 2.07. The van der Waals surface area contributed by atoms with E-state index in [2.05, 4.69) is 5.32 Å². The standard InChI is InChI=1S/C15H12ClN3O6/c16-10-3-6-12(13(7-10)19(24)25)15(21)17-8-14(20)9-1-4-11(5-2-9)18(22)23/h1-7,14,20H,8H2,(H,17,21). The molecule has 0 aliphatic heterocycles. The van der Waals surface area contributed by atoms with E-state index in [1.807, 2.05) is 0 Å². The Morgan fingerprint density at radius 3 is 2.32 bits per heavy atom. The molecule has 1 unspecified atom stereocenters. The average Bonchev–Trinajstić information content (AvgIpc) is 2.59. The molecule has 10 heteroatoms. The SMILES string of the molecule is O=C(NCC(O)c1ccc([N+](=O)[O-])cc1)c1ccc(Cl)cc1[N+](=O)[O-]. The first kappa shape index (κ1) is 18.3. The minimum absolute atomic E-state index is 0.120. The first-order valence-corrected chi connectivity index (χ1v) is 7.32. The van der Waals surface area contributed by atoms with E-state index >= 15 is 0 Å². The van der Waals surface area contributed by atoms with Gasteiger partial charge in [-0.25, -0.2) is 0 Å². The summed E-state index contributed by atoms with van der Waals surface area (Å²) in [5, 5.41) is 34.1. The van der Waals surface area contributed by atoms with Gasteiger partial charge in [0.05, 0.1) is 16.0 Å². The maximum atomic E-state index is 12.1. The molecule has 0 fully saturated rings. The van der Waals surface area contributed by atoms with Gasteiger partial charge in [0, 0.05) is 29.8 Å². The van der Waals surface area contributed by atoms with Crippen molar-refractivity contribution >= 4 is 28.9 Å². The topological polar surface area (TPSA) is 136 Å². The largest absolute Gasteiger partial charge is 0.387 e. The summed E-state index contributed by atoms with van der Waals surface area (Å²) in [6.07, 6.45) is -1.13. The molecular weight excluding hydrogens is 354 g/mol. The zero-order chi connectivity index (χ0) is 18.6. The number of nitrogens with zero attached hydrogens (tertiary/aromatic N) is 2. The molecule has 0 bridgehead atoms. The van der Waals surface area contributed by atoms with E-state index in [1.165, 1.54) is 36.4 Å². The van der Waals surface area contributed by atoms with Crippen LogP contribution in [0.4, 0.5) is 11.4 Å². The maximum Gasteiger partial charge on any atom is 0.283 e. The Labute approximate surface area is 146 Å². The fraction of sp³-hybridized carbons (Fsp3) is 0.133. The minimum atomic E-state index is -1.13. The summed E-state index contributed by atoms with van der Waals surface area (Å²) >= 11 is 5.68. The summed E-state index contributed by atoms with van der Waals surface area (Å²) in [6.45, 7) is -0.226. The normalized spacial score (nSPS) is 11.6. The molecule has 2 rings (SSSR count). The molecule has 130 valence electrons. The van der Waals surface area contributed by atoms with Gasteiger partial charge in [0.15, 0.2) is 0 Å². The van der Waals surface area contributed by atoms with Gasteiger partial charge in [-0.3, -0.25) is 25.0 Å². The Morgan fingerprint density at radius 1 is 1.12 bits per heavy atom. The molecule has 0 heterocycles. The van der Waals surface area contributed by atoms with Gasteiger partial charge in [0.2, 0.25) is 0 Å². The zero-order valence-electron chi connectivity index (χ0n) is 12.6. The molecule has 2 N–H and O–H groups in total. The maximum absolute atomic E-state index is 12.1. The van der Waals surface area contributed by atoms with Crippen LogP contribution in [0.15, 0.2) is 42.5 Å². The number of benzene rings is 2. The van der Waals surface area contributed by atoms with Gasteiger partial charge in [-0.2, -0.15) is 0 Å². The second kappa shape index (κ2) is 7.69. The number of nitro benzene ring substituents is 2. The lowest BCUT2D eigenvalue weighted by Gasteiger charge is -2.12. The summed E-state index contributed by atoms with van der Waals surface area (Å²) in [7, 11) is 0. The number of aliphatic hydroxyl groups excluding tert-OH is 1. The lowest BCUT2D eigenvalue weighted by atomic mass is 10.1. The van der Waals surface area contributed by atoms with Crippen LogP contribution < -0.4 is 5.32 Å².